The van der Waals surface area contributed by atoms with Crippen molar-refractivity contribution >= 4 is 11.0 Å². The van der Waals surface area contributed by atoms with Crippen molar-refractivity contribution in [2.45, 2.75) is 64.6 Å². The van der Waals surface area contributed by atoms with Crippen molar-refractivity contribution in [2.75, 3.05) is 79.7 Å². The molecule has 54 heavy (non-hydrogen) atoms. The second-order valence-corrected chi connectivity index (χ2v) is 14.4. The first-order valence-electron chi connectivity index (χ1n) is 19.3. The van der Waals surface area contributed by atoms with Gasteiger partial charge in [-0.3, -0.25) is 9.80 Å². The zero-order chi connectivity index (χ0) is 38.1. The highest BCUT2D eigenvalue weighted by Gasteiger charge is 2.34. The van der Waals surface area contributed by atoms with Gasteiger partial charge in [0.2, 0.25) is 0 Å². The first-order valence-corrected chi connectivity index (χ1v) is 19.3. The molecule has 2 saturated heterocycles. The average molecular weight is 756 g/mol. The molecule has 294 valence electrons. The fraction of sp³-hybridized carbons (Fsp3) is 0.537. The third kappa shape index (κ3) is 10.4. The third-order valence-corrected chi connectivity index (χ3v) is 9.95. The summed E-state index contributed by atoms with van der Waals surface area (Å²) in [5, 5.41) is 0. The molecule has 0 spiro atoms. The third-order valence-electron chi connectivity index (χ3n) is 9.95. The number of rotatable bonds is 19. The summed E-state index contributed by atoms with van der Waals surface area (Å²) in [6.45, 7) is 11.2. The molecule has 2 fully saturated rings. The summed E-state index contributed by atoms with van der Waals surface area (Å²) in [6.07, 6.45) is 2.60. The van der Waals surface area contributed by atoms with E-state index in [0.717, 1.165) is 87.9 Å². The maximum atomic E-state index is 14.0. The van der Waals surface area contributed by atoms with Gasteiger partial charge in [-0.2, -0.15) is 13.2 Å². The van der Waals surface area contributed by atoms with Crippen LogP contribution in [0.3, 0.4) is 0 Å². The van der Waals surface area contributed by atoms with E-state index in [1.54, 1.807) is 12.1 Å². The minimum Gasteiger partial charge on any atom is -0.493 e. The van der Waals surface area contributed by atoms with Crippen molar-refractivity contribution in [3.05, 3.63) is 59.9 Å². The molecular formula is C41H53F4N5O4. The Hall–Kier alpha value is -4.07. The van der Waals surface area contributed by atoms with Crippen molar-refractivity contribution in [1.29, 1.82) is 0 Å². The van der Waals surface area contributed by atoms with Gasteiger partial charge in [-0.25, -0.2) is 9.37 Å². The number of imidazole rings is 1. The Labute approximate surface area is 315 Å². The van der Waals surface area contributed by atoms with E-state index in [4.69, 9.17) is 23.9 Å². The summed E-state index contributed by atoms with van der Waals surface area (Å²) in [5.41, 5.74) is 0.922. The van der Waals surface area contributed by atoms with Crippen LogP contribution in [0.5, 0.6) is 28.7 Å². The molecule has 1 aromatic heterocycles. The molecule has 0 saturated carbocycles. The lowest BCUT2D eigenvalue weighted by Gasteiger charge is -2.17. The van der Waals surface area contributed by atoms with Gasteiger partial charge in [-0.05, 0) is 109 Å². The molecule has 0 amide bonds. The zero-order valence-electron chi connectivity index (χ0n) is 31.7. The fourth-order valence-corrected chi connectivity index (χ4v) is 7.05. The van der Waals surface area contributed by atoms with Crippen LogP contribution in [-0.4, -0.2) is 104 Å². The number of halogens is 4. The smallest absolute Gasteiger partial charge is 0.419 e. The molecule has 0 unspecified atom stereocenters. The summed E-state index contributed by atoms with van der Waals surface area (Å²) in [4.78, 5) is 12.1. The molecule has 9 nitrogen and oxygen atoms in total. The molecule has 0 atom stereocenters. The normalized spacial score (nSPS) is 15.5. The van der Waals surface area contributed by atoms with Crippen molar-refractivity contribution in [2.24, 2.45) is 0 Å². The van der Waals surface area contributed by atoms with Gasteiger partial charge in [-0.1, -0.05) is 13.3 Å². The average Bonchev–Trinajstić information content (AvgIpc) is 3.92. The number of ether oxygens (including phenoxy) is 4. The van der Waals surface area contributed by atoms with Gasteiger partial charge in [0.15, 0.2) is 5.75 Å². The number of fused-ring (bicyclic) bond motifs is 1. The quantitative estimate of drug-likeness (QED) is 0.0696. The summed E-state index contributed by atoms with van der Waals surface area (Å²) < 4.78 is 81.8. The molecule has 3 aromatic carbocycles. The van der Waals surface area contributed by atoms with Gasteiger partial charge in [0.05, 0.1) is 23.3 Å². The molecule has 13 heteroatoms. The lowest BCUT2D eigenvalue weighted by atomic mass is 10.1. The van der Waals surface area contributed by atoms with Gasteiger partial charge < -0.3 is 28.4 Å². The van der Waals surface area contributed by atoms with E-state index in [1.165, 1.54) is 31.7 Å². The first kappa shape index (κ1) is 39.6. The lowest BCUT2D eigenvalue weighted by Crippen LogP contribution is -2.25. The fourth-order valence-electron chi connectivity index (χ4n) is 7.05. The Morgan fingerprint density at radius 2 is 1.35 bits per heavy atom. The maximum absolute atomic E-state index is 14.0. The van der Waals surface area contributed by atoms with Gasteiger partial charge in [0.1, 0.15) is 53.4 Å². The number of hydrogen-bond acceptors (Lipinski definition) is 8. The van der Waals surface area contributed by atoms with E-state index in [9.17, 15) is 17.6 Å². The summed E-state index contributed by atoms with van der Waals surface area (Å²) in [6, 6.07) is 11.7. The molecule has 2 aliphatic rings. The molecule has 0 N–H and O–H groups in total. The largest absolute Gasteiger partial charge is 0.493 e. The molecule has 0 bridgehead atoms. The number of alkyl halides is 3. The van der Waals surface area contributed by atoms with Crippen LogP contribution in [0, 0.1) is 5.82 Å². The van der Waals surface area contributed by atoms with E-state index in [1.807, 2.05) is 32.3 Å². The Bertz CT molecular complexity index is 1820. The van der Waals surface area contributed by atoms with E-state index in [-0.39, 0.29) is 11.5 Å². The van der Waals surface area contributed by atoms with E-state index in [0.29, 0.717) is 55.3 Å². The molecule has 0 radical (unpaired) electrons. The molecule has 2 aliphatic heterocycles. The number of hydrogen-bond donors (Lipinski definition) is 0. The number of benzene rings is 3. The van der Waals surface area contributed by atoms with Gasteiger partial charge in [0, 0.05) is 44.4 Å². The highest BCUT2D eigenvalue weighted by Crippen LogP contribution is 2.41. The molecule has 6 rings (SSSR count). The highest BCUT2D eigenvalue weighted by molar-refractivity contribution is 5.88. The lowest BCUT2D eigenvalue weighted by molar-refractivity contribution is -0.140. The van der Waals surface area contributed by atoms with Crippen LogP contribution in [0.4, 0.5) is 17.6 Å². The number of aromatic nitrogens is 2. The standard InChI is InChI=1S/C41H53F4N5O4/c1-4-5-20-50-36-27-32(51-24-21-48-16-6-7-17-48)29-38(53-25-22-49-18-8-9-19-49)39(36)46-40(50)33-13-11-31(28-37(33)52-23-10-15-47(2)3)54-30-12-14-35(42)34(26-30)41(43,44)45/h11-14,26-29H,4-10,15-25H2,1-3H3. The highest BCUT2D eigenvalue weighted by atomic mass is 19.4. The van der Waals surface area contributed by atoms with Crippen LogP contribution >= 0.6 is 0 Å². The topological polar surface area (TPSA) is 64.5 Å². The van der Waals surface area contributed by atoms with Crippen LogP contribution in [0.1, 0.15) is 57.4 Å². The number of likely N-dealkylation sites (tertiary alicyclic amines) is 2. The Balaban J connectivity index is 1.37. The SMILES string of the molecule is CCCCn1c(-c2ccc(Oc3ccc(F)c(C(F)(F)F)c3)cc2OCCCN(C)C)nc2c(OCCN3CCCC3)cc(OCCN3CCCC3)cc21. The van der Waals surface area contributed by atoms with Crippen molar-refractivity contribution in [1.82, 2.24) is 24.3 Å². The predicted molar refractivity (Wildman–Crippen MR) is 203 cm³/mol. The molecule has 3 heterocycles. The van der Waals surface area contributed by atoms with Crippen LogP contribution in [0.2, 0.25) is 0 Å². The summed E-state index contributed by atoms with van der Waals surface area (Å²) >= 11 is 0. The van der Waals surface area contributed by atoms with Crippen LogP contribution in [-0.2, 0) is 12.7 Å². The number of aryl methyl sites for hydroxylation is 1. The molecule has 0 aliphatic carbocycles. The Morgan fingerprint density at radius 3 is 2.02 bits per heavy atom. The Kier molecular flexibility index (Phi) is 13.6. The number of nitrogens with zero attached hydrogens (tertiary/aromatic N) is 5. The number of unbranched alkanes of at least 4 members (excludes halogenated alkanes) is 1. The molecule has 4 aromatic rings. The van der Waals surface area contributed by atoms with Crippen LogP contribution in [0.25, 0.3) is 22.4 Å². The molecular weight excluding hydrogens is 702 g/mol. The van der Waals surface area contributed by atoms with Crippen LogP contribution in [0.15, 0.2) is 48.5 Å². The second-order valence-electron chi connectivity index (χ2n) is 14.4. The second kappa shape index (κ2) is 18.5. The summed E-state index contributed by atoms with van der Waals surface area (Å²) in [5.74, 6) is 1.27. The van der Waals surface area contributed by atoms with E-state index < -0.39 is 17.6 Å². The minimum absolute atomic E-state index is 0.141. The van der Waals surface area contributed by atoms with E-state index in [2.05, 4.69) is 26.2 Å². The minimum atomic E-state index is -4.86. The van der Waals surface area contributed by atoms with Crippen molar-refractivity contribution < 1.29 is 36.5 Å². The van der Waals surface area contributed by atoms with Crippen molar-refractivity contribution in [3.8, 4) is 40.1 Å². The zero-order valence-corrected chi connectivity index (χ0v) is 31.7. The van der Waals surface area contributed by atoms with Gasteiger partial charge in [-0.15, -0.1) is 0 Å². The predicted octanol–water partition coefficient (Wildman–Crippen LogP) is 8.73. The maximum Gasteiger partial charge on any atom is 0.419 e. The Morgan fingerprint density at radius 1 is 0.722 bits per heavy atom. The van der Waals surface area contributed by atoms with Crippen LogP contribution < -0.4 is 18.9 Å². The monoisotopic (exact) mass is 755 g/mol. The summed E-state index contributed by atoms with van der Waals surface area (Å²) in [7, 11) is 3.98. The van der Waals surface area contributed by atoms with E-state index >= 15 is 0 Å². The van der Waals surface area contributed by atoms with Gasteiger partial charge >= 0.3 is 6.18 Å². The van der Waals surface area contributed by atoms with Crippen molar-refractivity contribution in [3.63, 3.8) is 0 Å². The first-order chi connectivity index (χ1) is 26.1. The van der Waals surface area contributed by atoms with Gasteiger partial charge in [0.25, 0.3) is 0 Å².